The van der Waals surface area contributed by atoms with Gasteiger partial charge in [0.2, 0.25) is 0 Å². The Kier molecular flexibility index (Phi) is 9.86. The maximum atomic E-state index is 5.41. The van der Waals surface area contributed by atoms with Crippen molar-refractivity contribution in [1.82, 2.24) is 5.32 Å². The maximum Gasteiger partial charge on any atom is 0.171 e. The summed E-state index contributed by atoms with van der Waals surface area (Å²) in [5.74, 6) is 0. The molecule has 0 aromatic rings. The van der Waals surface area contributed by atoms with Gasteiger partial charge in [0.15, 0.2) is 12.6 Å². The highest BCUT2D eigenvalue weighted by Gasteiger charge is 2.17. The summed E-state index contributed by atoms with van der Waals surface area (Å²) in [5, 5.41) is 3.25. The highest BCUT2D eigenvalue weighted by molar-refractivity contribution is 4.65. The van der Waals surface area contributed by atoms with Gasteiger partial charge in [-0.3, -0.25) is 0 Å². The molecule has 16 heavy (non-hydrogen) atoms. The summed E-state index contributed by atoms with van der Waals surface area (Å²) in [5.41, 5.74) is 0. The smallest absolute Gasteiger partial charge is 0.171 e. The fraction of sp³-hybridized carbons (Fsp3) is 1.00. The molecule has 0 aromatic heterocycles. The quantitative estimate of drug-likeness (QED) is 0.572. The summed E-state index contributed by atoms with van der Waals surface area (Å²) in [6.45, 7) is 7.78. The molecule has 0 fully saturated rings. The first-order valence-electron chi connectivity index (χ1n) is 5.71. The largest absolute Gasteiger partial charge is 0.354 e. The third-order valence-corrected chi connectivity index (χ3v) is 2.18. The van der Waals surface area contributed by atoms with Crippen molar-refractivity contribution in [1.29, 1.82) is 0 Å². The van der Waals surface area contributed by atoms with E-state index < -0.39 is 0 Å². The summed E-state index contributed by atoms with van der Waals surface area (Å²) in [6.07, 6.45) is -0.476. The normalized spacial score (nSPS) is 13.7. The second kappa shape index (κ2) is 9.99. The molecule has 1 N–H and O–H groups in total. The average molecular weight is 235 g/mol. The molecular weight excluding hydrogens is 210 g/mol. The van der Waals surface area contributed by atoms with E-state index in [1.54, 1.807) is 14.2 Å². The minimum Gasteiger partial charge on any atom is -0.354 e. The molecule has 0 aliphatic heterocycles. The Bertz CT molecular complexity index is 145. The van der Waals surface area contributed by atoms with Crippen LogP contribution in [0.25, 0.3) is 0 Å². The van der Waals surface area contributed by atoms with Crippen LogP contribution in [0, 0.1) is 0 Å². The predicted octanol–water partition coefficient (Wildman–Crippen LogP) is 0.983. The van der Waals surface area contributed by atoms with Gasteiger partial charge in [-0.2, -0.15) is 0 Å². The van der Waals surface area contributed by atoms with Crippen LogP contribution in [0.5, 0.6) is 0 Å². The molecule has 0 rings (SSSR count). The molecule has 5 nitrogen and oxygen atoms in total. The lowest BCUT2D eigenvalue weighted by molar-refractivity contribution is -0.146. The van der Waals surface area contributed by atoms with Gasteiger partial charge in [-0.1, -0.05) is 0 Å². The van der Waals surface area contributed by atoms with Gasteiger partial charge >= 0.3 is 0 Å². The van der Waals surface area contributed by atoms with Crippen LogP contribution in [0.3, 0.4) is 0 Å². The minimum atomic E-state index is -0.260. The second-order valence-corrected chi connectivity index (χ2v) is 3.38. The van der Waals surface area contributed by atoms with E-state index in [4.69, 9.17) is 18.9 Å². The van der Waals surface area contributed by atoms with Crippen LogP contribution >= 0.6 is 0 Å². The number of hydrogen-bond donors (Lipinski definition) is 1. The van der Waals surface area contributed by atoms with Crippen molar-refractivity contribution < 1.29 is 18.9 Å². The van der Waals surface area contributed by atoms with Crippen molar-refractivity contribution in [3.8, 4) is 0 Å². The SMILES string of the molecule is CCOC(CNC(C)C(OC)OC)OCC. The maximum absolute atomic E-state index is 5.41. The molecule has 0 saturated carbocycles. The molecule has 0 radical (unpaired) electrons. The fourth-order valence-corrected chi connectivity index (χ4v) is 1.42. The van der Waals surface area contributed by atoms with Crippen molar-refractivity contribution in [2.75, 3.05) is 34.0 Å². The fourth-order valence-electron chi connectivity index (χ4n) is 1.42. The zero-order valence-electron chi connectivity index (χ0n) is 11.0. The van der Waals surface area contributed by atoms with Crippen LogP contribution in [-0.4, -0.2) is 52.6 Å². The Balaban J connectivity index is 3.88. The molecule has 0 aliphatic carbocycles. The van der Waals surface area contributed by atoms with Crippen LogP contribution in [0.15, 0.2) is 0 Å². The molecule has 0 spiro atoms. The van der Waals surface area contributed by atoms with Crippen molar-refractivity contribution in [2.24, 2.45) is 0 Å². The van der Waals surface area contributed by atoms with Crippen molar-refractivity contribution >= 4 is 0 Å². The first kappa shape index (κ1) is 15.8. The van der Waals surface area contributed by atoms with Crippen LogP contribution < -0.4 is 5.32 Å². The highest BCUT2D eigenvalue weighted by atomic mass is 16.7. The van der Waals surface area contributed by atoms with Gasteiger partial charge in [-0.15, -0.1) is 0 Å². The van der Waals surface area contributed by atoms with Gasteiger partial charge in [-0.05, 0) is 20.8 Å². The van der Waals surface area contributed by atoms with E-state index in [1.807, 2.05) is 20.8 Å². The summed E-state index contributed by atoms with van der Waals surface area (Å²) < 4.78 is 21.1. The Morgan fingerprint density at radius 1 is 1.00 bits per heavy atom. The van der Waals surface area contributed by atoms with Gasteiger partial charge in [0.25, 0.3) is 0 Å². The molecule has 98 valence electrons. The summed E-state index contributed by atoms with van der Waals surface area (Å²) >= 11 is 0. The molecular formula is C11H25NO4. The predicted molar refractivity (Wildman–Crippen MR) is 62.3 cm³/mol. The monoisotopic (exact) mass is 235 g/mol. The summed E-state index contributed by atoms with van der Waals surface area (Å²) in [6, 6.07) is 0.0819. The lowest BCUT2D eigenvalue weighted by Crippen LogP contribution is -2.44. The van der Waals surface area contributed by atoms with E-state index in [0.29, 0.717) is 19.8 Å². The van der Waals surface area contributed by atoms with Crippen molar-refractivity contribution in [3.63, 3.8) is 0 Å². The second-order valence-electron chi connectivity index (χ2n) is 3.38. The molecule has 1 atom stereocenters. The van der Waals surface area contributed by atoms with Gasteiger partial charge < -0.3 is 24.3 Å². The first-order valence-corrected chi connectivity index (χ1v) is 5.71. The molecule has 0 aliphatic rings. The van der Waals surface area contributed by atoms with Crippen molar-refractivity contribution in [2.45, 2.75) is 39.4 Å². The average Bonchev–Trinajstić information content (AvgIpc) is 2.28. The highest BCUT2D eigenvalue weighted by Crippen LogP contribution is 2.00. The third-order valence-electron chi connectivity index (χ3n) is 2.18. The molecule has 0 aromatic carbocycles. The zero-order valence-corrected chi connectivity index (χ0v) is 11.0. The van der Waals surface area contributed by atoms with Crippen LogP contribution in [0.2, 0.25) is 0 Å². The number of methoxy groups -OCH3 is 2. The van der Waals surface area contributed by atoms with Crippen molar-refractivity contribution in [3.05, 3.63) is 0 Å². The molecule has 0 amide bonds. The Hall–Kier alpha value is -0.200. The van der Waals surface area contributed by atoms with Crippen LogP contribution in [-0.2, 0) is 18.9 Å². The minimum absolute atomic E-state index is 0.0819. The van der Waals surface area contributed by atoms with Crippen LogP contribution in [0.1, 0.15) is 20.8 Å². The molecule has 0 heterocycles. The lowest BCUT2D eigenvalue weighted by atomic mass is 10.3. The summed E-state index contributed by atoms with van der Waals surface area (Å²) in [7, 11) is 3.24. The van der Waals surface area contributed by atoms with Gasteiger partial charge in [0.1, 0.15) is 0 Å². The van der Waals surface area contributed by atoms with E-state index in [2.05, 4.69) is 5.32 Å². The standard InChI is InChI=1S/C11H25NO4/c1-6-15-10(16-7-2)8-12-9(3)11(13-4)14-5/h9-12H,6-8H2,1-5H3. The number of hydrogen-bond acceptors (Lipinski definition) is 5. The van der Waals surface area contributed by atoms with Gasteiger partial charge in [0.05, 0.1) is 6.04 Å². The number of rotatable bonds is 10. The molecule has 1 unspecified atom stereocenters. The van der Waals surface area contributed by atoms with Gasteiger partial charge in [0, 0.05) is 34.0 Å². The first-order chi connectivity index (χ1) is 7.69. The van der Waals surface area contributed by atoms with E-state index >= 15 is 0 Å². The number of ether oxygens (including phenoxy) is 4. The number of nitrogens with one attached hydrogen (secondary N) is 1. The van der Waals surface area contributed by atoms with E-state index in [1.165, 1.54) is 0 Å². The Morgan fingerprint density at radius 2 is 1.50 bits per heavy atom. The molecule has 0 bridgehead atoms. The summed E-state index contributed by atoms with van der Waals surface area (Å²) in [4.78, 5) is 0. The molecule has 5 heteroatoms. The third kappa shape index (κ3) is 6.40. The van der Waals surface area contributed by atoms with Crippen LogP contribution in [0.4, 0.5) is 0 Å². The molecule has 0 saturated heterocycles. The van der Waals surface area contributed by atoms with E-state index in [9.17, 15) is 0 Å². The Labute approximate surface area is 98.4 Å². The van der Waals surface area contributed by atoms with Gasteiger partial charge in [-0.25, -0.2) is 0 Å². The topological polar surface area (TPSA) is 49.0 Å². The Morgan fingerprint density at radius 3 is 1.88 bits per heavy atom. The van der Waals surface area contributed by atoms with E-state index in [-0.39, 0.29) is 18.6 Å². The zero-order chi connectivity index (χ0) is 12.4. The van der Waals surface area contributed by atoms with E-state index in [0.717, 1.165) is 0 Å². The lowest BCUT2D eigenvalue weighted by Gasteiger charge is -2.25.